The second-order valence-electron chi connectivity index (χ2n) is 12.5. The zero-order valence-corrected chi connectivity index (χ0v) is 28.5. The second-order valence-corrected chi connectivity index (χ2v) is 12.9. The predicted octanol–water partition coefficient (Wildman–Crippen LogP) is 4.42. The SMILES string of the molecule is CCc1c(N2CCN(C(=O)c3ncnc(C)c3O)[C@@H]3CCC[C@@H]32)c(=O)c2nc(N(C)C)cnc2n1CC(=O)Nc1ccc(C(F)(F)F)cc1Cl. The number of pyridine rings is 1. The number of aromatic nitrogens is 5. The summed E-state index contributed by atoms with van der Waals surface area (Å²) in [5, 5.41) is 12.9. The number of carbonyl (C=O) groups excluding carboxylic acids is 2. The van der Waals surface area contributed by atoms with Crippen molar-refractivity contribution >= 4 is 51.8 Å². The van der Waals surface area contributed by atoms with Crippen LogP contribution in [0.3, 0.4) is 0 Å². The van der Waals surface area contributed by atoms with E-state index in [0.29, 0.717) is 36.5 Å². The number of hydrogen-bond acceptors (Lipinski definition) is 10. The van der Waals surface area contributed by atoms with Crippen LogP contribution in [0.5, 0.6) is 5.75 Å². The summed E-state index contributed by atoms with van der Waals surface area (Å²) in [4.78, 5) is 64.3. The summed E-state index contributed by atoms with van der Waals surface area (Å²) in [6.07, 6.45) is 0.572. The Kier molecular flexibility index (Phi) is 9.33. The Bertz CT molecular complexity index is 2060. The van der Waals surface area contributed by atoms with Crippen molar-refractivity contribution in [2.75, 3.05) is 42.3 Å². The van der Waals surface area contributed by atoms with E-state index in [4.69, 9.17) is 11.6 Å². The highest BCUT2D eigenvalue weighted by molar-refractivity contribution is 6.33. The van der Waals surface area contributed by atoms with Gasteiger partial charge >= 0.3 is 6.18 Å². The number of rotatable bonds is 7. The summed E-state index contributed by atoms with van der Waals surface area (Å²) >= 11 is 6.13. The molecule has 2 atom stereocenters. The summed E-state index contributed by atoms with van der Waals surface area (Å²) in [7, 11) is 3.51. The third-order valence-electron chi connectivity index (χ3n) is 9.27. The Labute approximate surface area is 289 Å². The Morgan fingerprint density at radius 1 is 1.12 bits per heavy atom. The van der Waals surface area contributed by atoms with Gasteiger partial charge in [0.25, 0.3) is 5.91 Å². The first-order valence-corrected chi connectivity index (χ1v) is 16.4. The molecule has 0 radical (unpaired) electrons. The number of aryl methyl sites for hydroxylation is 1. The molecule has 4 aromatic rings. The fourth-order valence-corrected chi connectivity index (χ4v) is 7.10. The molecule has 1 aromatic carbocycles. The summed E-state index contributed by atoms with van der Waals surface area (Å²) in [5.74, 6) is -0.876. The van der Waals surface area contributed by atoms with Crippen molar-refractivity contribution in [3.05, 3.63) is 68.6 Å². The fourth-order valence-electron chi connectivity index (χ4n) is 6.87. The van der Waals surface area contributed by atoms with Gasteiger partial charge in [-0.15, -0.1) is 0 Å². The van der Waals surface area contributed by atoms with Gasteiger partial charge in [-0.1, -0.05) is 18.5 Å². The highest BCUT2D eigenvalue weighted by Gasteiger charge is 2.44. The molecule has 1 saturated heterocycles. The third kappa shape index (κ3) is 6.27. The number of halogens is 4. The first kappa shape index (κ1) is 34.9. The van der Waals surface area contributed by atoms with Crippen LogP contribution in [-0.2, 0) is 23.9 Å². The van der Waals surface area contributed by atoms with Crippen molar-refractivity contribution in [1.82, 2.24) is 29.4 Å². The van der Waals surface area contributed by atoms with E-state index in [9.17, 15) is 32.7 Å². The average molecular weight is 714 g/mol. The lowest BCUT2D eigenvalue weighted by molar-refractivity contribution is -0.137. The number of benzene rings is 1. The molecule has 4 heterocycles. The number of hydrogen-bond donors (Lipinski definition) is 2. The molecule has 0 unspecified atom stereocenters. The van der Waals surface area contributed by atoms with E-state index >= 15 is 0 Å². The Morgan fingerprint density at radius 2 is 1.86 bits per heavy atom. The van der Waals surface area contributed by atoms with Gasteiger partial charge in [0.2, 0.25) is 11.3 Å². The predicted molar refractivity (Wildman–Crippen MR) is 181 cm³/mol. The average Bonchev–Trinajstić information content (AvgIpc) is 3.57. The van der Waals surface area contributed by atoms with Gasteiger partial charge in [-0.25, -0.2) is 19.9 Å². The molecule has 1 aliphatic carbocycles. The molecule has 0 bridgehead atoms. The number of aromatic hydroxyl groups is 1. The number of alkyl halides is 3. The lowest BCUT2D eigenvalue weighted by Gasteiger charge is -2.46. The largest absolute Gasteiger partial charge is 0.504 e. The molecule has 0 spiro atoms. The maximum atomic E-state index is 14.5. The number of anilines is 3. The smallest absolute Gasteiger partial charge is 0.416 e. The van der Waals surface area contributed by atoms with E-state index in [2.05, 4.69) is 25.3 Å². The van der Waals surface area contributed by atoms with Gasteiger partial charge in [-0.2, -0.15) is 13.2 Å². The molecule has 2 N–H and O–H groups in total. The van der Waals surface area contributed by atoms with Crippen LogP contribution < -0.4 is 20.5 Å². The van der Waals surface area contributed by atoms with E-state index in [1.165, 1.54) is 12.5 Å². The van der Waals surface area contributed by atoms with Gasteiger partial charge in [0, 0.05) is 38.9 Å². The zero-order chi connectivity index (χ0) is 36.1. The van der Waals surface area contributed by atoms with Gasteiger partial charge in [0.15, 0.2) is 22.6 Å². The van der Waals surface area contributed by atoms with Crippen LogP contribution in [-0.4, -0.2) is 85.6 Å². The lowest BCUT2D eigenvalue weighted by atomic mass is 10.0. The molecule has 2 fully saturated rings. The summed E-state index contributed by atoms with van der Waals surface area (Å²) in [6, 6.07) is 2.11. The van der Waals surface area contributed by atoms with E-state index in [0.717, 1.165) is 24.6 Å². The Balaban J connectivity index is 1.40. The maximum absolute atomic E-state index is 14.5. The van der Waals surface area contributed by atoms with Crippen LogP contribution >= 0.6 is 11.6 Å². The van der Waals surface area contributed by atoms with E-state index in [1.54, 1.807) is 35.4 Å². The number of piperazine rings is 1. The molecule has 13 nitrogen and oxygen atoms in total. The molecule has 1 aliphatic heterocycles. The lowest BCUT2D eigenvalue weighted by Crippen LogP contribution is -2.60. The molecule has 264 valence electrons. The second kappa shape index (κ2) is 13.4. The van der Waals surface area contributed by atoms with Gasteiger partial charge in [-0.05, 0) is 50.8 Å². The third-order valence-corrected chi connectivity index (χ3v) is 9.59. The number of nitrogens with one attached hydrogen (secondary N) is 1. The van der Waals surface area contributed by atoms with Crippen molar-refractivity contribution < 1.29 is 27.9 Å². The molecule has 2 aliphatic rings. The fraction of sp³-hybridized carbons (Fsp3) is 0.424. The van der Waals surface area contributed by atoms with Crippen LogP contribution in [0.15, 0.2) is 35.5 Å². The van der Waals surface area contributed by atoms with E-state index < -0.39 is 23.6 Å². The molecule has 50 heavy (non-hydrogen) atoms. The molecular weight excluding hydrogens is 679 g/mol. The summed E-state index contributed by atoms with van der Waals surface area (Å²) in [5.41, 5.74) is -0.0551. The molecular formula is C33H35ClF3N9O4. The topological polar surface area (TPSA) is 150 Å². The minimum Gasteiger partial charge on any atom is -0.504 e. The summed E-state index contributed by atoms with van der Waals surface area (Å²) in [6.45, 7) is 3.60. The van der Waals surface area contributed by atoms with Crippen molar-refractivity contribution in [3.63, 3.8) is 0 Å². The van der Waals surface area contributed by atoms with Gasteiger partial charge < -0.3 is 29.7 Å². The number of fused-ring (bicyclic) bond motifs is 2. The number of amides is 2. The van der Waals surface area contributed by atoms with Crippen molar-refractivity contribution in [2.24, 2.45) is 0 Å². The van der Waals surface area contributed by atoms with Crippen molar-refractivity contribution in [2.45, 2.75) is 64.3 Å². The molecule has 6 rings (SSSR count). The van der Waals surface area contributed by atoms with Crippen molar-refractivity contribution in [3.8, 4) is 5.75 Å². The van der Waals surface area contributed by atoms with Gasteiger partial charge in [0.05, 0.1) is 34.2 Å². The first-order valence-electron chi connectivity index (χ1n) is 16.1. The summed E-state index contributed by atoms with van der Waals surface area (Å²) < 4.78 is 41.2. The van der Waals surface area contributed by atoms with Crippen LogP contribution in [0.1, 0.15) is 53.6 Å². The monoisotopic (exact) mass is 713 g/mol. The number of nitrogens with zero attached hydrogens (tertiary/aromatic N) is 8. The minimum atomic E-state index is -4.61. The van der Waals surface area contributed by atoms with Crippen LogP contribution in [0, 0.1) is 6.92 Å². The standard InChI is InChI=1S/C33H35ClF3N9O4/c1-5-21-28(44-11-12-45(23-8-6-7-22(23)44)32(50)27-29(48)17(2)39-16-40-27)30(49)26-31(38-14-24(42-26)43(3)4)46(21)15-25(47)41-20-10-9-18(13-19(20)34)33(35,36)37/h9-10,13-14,16,22-23,48H,5-8,11-12,15H2,1-4H3,(H,41,47)/t22-,23+/m0/s1. The van der Waals surface area contributed by atoms with Crippen LogP contribution in [0.4, 0.5) is 30.4 Å². The van der Waals surface area contributed by atoms with Crippen LogP contribution in [0.25, 0.3) is 11.2 Å². The molecule has 1 saturated carbocycles. The Morgan fingerprint density at radius 3 is 2.54 bits per heavy atom. The van der Waals surface area contributed by atoms with E-state index in [-0.39, 0.29) is 76.2 Å². The van der Waals surface area contributed by atoms with Gasteiger partial charge in [0.1, 0.15) is 24.4 Å². The highest BCUT2D eigenvalue weighted by atomic mass is 35.5. The minimum absolute atomic E-state index is 0.00577. The van der Waals surface area contributed by atoms with Gasteiger partial charge in [-0.3, -0.25) is 14.4 Å². The first-order chi connectivity index (χ1) is 23.7. The van der Waals surface area contributed by atoms with Crippen molar-refractivity contribution in [1.29, 1.82) is 0 Å². The molecule has 17 heteroatoms. The van der Waals surface area contributed by atoms with Crippen LogP contribution in [0.2, 0.25) is 5.02 Å². The number of carbonyl (C=O) groups is 2. The maximum Gasteiger partial charge on any atom is 0.416 e. The molecule has 3 aromatic heterocycles. The Hall–Kier alpha value is -4.99. The molecule has 2 amide bonds. The normalized spacial score (nSPS) is 17.6. The zero-order valence-electron chi connectivity index (χ0n) is 27.8. The highest BCUT2D eigenvalue weighted by Crippen LogP contribution is 2.38. The quantitative estimate of drug-likeness (QED) is 0.282. The van der Waals surface area contributed by atoms with E-state index in [1.807, 2.05) is 11.8 Å².